The molecule has 19 heavy (non-hydrogen) atoms. The molecule has 0 radical (unpaired) electrons. The SMILES string of the molecule is CCOCCCNC(=O)N1CCC(C)CC1C(=O)O. The smallest absolute Gasteiger partial charge is 0.326 e. The van der Waals surface area contributed by atoms with Crippen LogP contribution in [-0.4, -0.2) is 54.4 Å². The molecule has 1 saturated heterocycles. The molecule has 2 atom stereocenters. The van der Waals surface area contributed by atoms with Crippen molar-refractivity contribution < 1.29 is 19.4 Å². The van der Waals surface area contributed by atoms with E-state index in [9.17, 15) is 14.7 Å². The highest BCUT2D eigenvalue weighted by molar-refractivity contribution is 5.82. The summed E-state index contributed by atoms with van der Waals surface area (Å²) in [6, 6.07) is -0.980. The van der Waals surface area contributed by atoms with Gasteiger partial charge in [0.2, 0.25) is 0 Å². The molecule has 2 amide bonds. The number of hydrogen-bond donors (Lipinski definition) is 2. The topological polar surface area (TPSA) is 78.9 Å². The lowest BCUT2D eigenvalue weighted by atomic mass is 9.93. The number of amides is 2. The Balaban J connectivity index is 2.38. The van der Waals surface area contributed by atoms with Gasteiger partial charge in [-0.15, -0.1) is 0 Å². The zero-order valence-electron chi connectivity index (χ0n) is 11.7. The number of hydrogen-bond acceptors (Lipinski definition) is 3. The molecule has 2 N–H and O–H groups in total. The van der Waals surface area contributed by atoms with E-state index in [-0.39, 0.29) is 6.03 Å². The third-order valence-electron chi connectivity index (χ3n) is 3.36. The molecule has 6 heteroatoms. The average molecular weight is 272 g/mol. The van der Waals surface area contributed by atoms with Crippen LogP contribution in [0.4, 0.5) is 4.79 Å². The Morgan fingerprint density at radius 1 is 1.47 bits per heavy atom. The monoisotopic (exact) mass is 272 g/mol. The van der Waals surface area contributed by atoms with Gasteiger partial charge in [0.25, 0.3) is 0 Å². The lowest BCUT2D eigenvalue weighted by Gasteiger charge is -2.35. The van der Waals surface area contributed by atoms with Gasteiger partial charge in [0.1, 0.15) is 6.04 Å². The first-order valence-corrected chi connectivity index (χ1v) is 6.91. The van der Waals surface area contributed by atoms with Crippen LogP contribution in [0.1, 0.15) is 33.1 Å². The number of carbonyl (C=O) groups is 2. The van der Waals surface area contributed by atoms with Gasteiger partial charge in [0.05, 0.1) is 0 Å². The molecule has 2 unspecified atom stereocenters. The maximum absolute atomic E-state index is 12.0. The Morgan fingerprint density at radius 2 is 2.21 bits per heavy atom. The van der Waals surface area contributed by atoms with Crippen LogP contribution >= 0.6 is 0 Å². The maximum atomic E-state index is 12.0. The highest BCUT2D eigenvalue weighted by Crippen LogP contribution is 2.22. The van der Waals surface area contributed by atoms with E-state index in [1.165, 1.54) is 4.90 Å². The summed E-state index contributed by atoms with van der Waals surface area (Å²) in [7, 11) is 0. The summed E-state index contributed by atoms with van der Waals surface area (Å²) in [4.78, 5) is 24.6. The second-order valence-corrected chi connectivity index (χ2v) is 4.96. The molecule has 6 nitrogen and oxygen atoms in total. The molecule has 0 spiro atoms. The zero-order valence-corrected chi connectivity index (χ0v) is 11.7. The second kappa shape index (κ2) is 7.99. The van der Waals surface area contributed by atoms with Crippen LogP contribution in [0.3, 0.4) is 0 Å². The van der Waals surface area contributed by atoms with E-state index < -0.39 is 12.0 Å². The number of likely N-dealkylation sites (tertiary alicyclic amines) is 1. The summed E-state index contributed by atoms with van der Waals surface area (Å²) >= 11 is 0. The summed E-state index contributed by atoms with van der Waals surface area (Å²) in [6.45, 7) is 6.24. The fraction of sp³-hybridized carbons (Fsp3) is 0.846. The molecule has 0 bridgehead atoms. The lowest BCUT2D eigenvalue weighted by molar-refractivity contribution is -0.143. The van der Waals surface area contributed by atoms with Gasteiger partial charge in [0, 0.05) is 26.3 Å². The van der Waals surface area contributed by atoms with Crippen LogP contribution in [0.5, 0.6) is 0 Å². The molecule has 1 fully saturated rings. The van der Waals surface area contributed by atoms with Crippen LogP contribution in [0.15, 0.2) is 0 Å². The van der Waals surface area contributed by atoms with Crippen LogP contribution in [0, 0.1) is 5.92 Å². The predicted molar refractivity (Wildman–Crippen MR) is 71.0 cm³/mol. The number of carboxylic acid groups (broad SMARTS) is 1. The molecule has 1 heterocycles. The van der Waals surface area contributed by atoms with Gasteiger partial charge in [-0.2, -0.15) is 0 Å². The van der Waals surface area contributed by atoms with E-state index in [4.69, 9.17) is 4.74 Å². The molecule has 0 aromatic rings. The van der Waals surface area contributed by atoms with Crippen molar-refractivity contribution in [2.24, 2.45) is 5.92 Å². The summed E-state index contributed by atoms with van der Waals surface area (Å²) in [6.07, 6.45) is 2.12. The number of nitrogens with one attached hydrogen (secondary N) is 1. The first-order valence-electron chi connectivity index (χ1n) is 6.91. The standard InChI is InChI=1S/C13H24N2O4/c1-3-19-8-4-6-14-13(18)15-7-5-10(2)9-11(15)12(16)17/h10-11H,3-9H2,1-2H3,(H,14,18)(H,16,17). The van der Waals surface area contributed by atoms with Crippen molar-refractivity contribution in [3.63, 3.8) is 0 Å². The molecule has 0 aromatic carbocycles. The number of rotatable bonds is 6. The molecule has 110 valence electrons. The summed E-state index contributed by atoms with van der Waals surface area (Å²) in [5.74, 6) is -0.570. The maximum Gasteiger partial charge on any atom is 0.326 e. The number of carboxylic acids is 1. The number of nitrogens with zero attached hydrogens (tertiary/aromatic N) is 1. The molecule has 1 aliphatic rings. The van der Waals surface area contributed by atoms with Crippen molar-refractivity contribution in [1.29, 1.82) is 0 Å². The van der Waals surface area contributed by atoms with Crippen molar-refractivity contribution in [1.82, 2.24) is 10.2 Å². The van der Waals surface area contributed by atoms with Crippen molar-refractivity contribution in [3.8, 4) is 0 Å². The van der Waals surface area contributed by atoms with Crippen molar-refractivity contribution in [2.45, 2.75) is 39.2 Å². The molecule has 1 aliphatic heterocycles. The minimum absolute atomic E-state index is 0.282. The van der Waals surface area contributed by atoms with E-state index in [1.807, 2.05) is 13.8 Å². The Bertz CT molecular complexity index is 309. The summed E-state index contributed by atoms with van der Waals surface area (Å²) in [5.41, 5.74) is 0. The predicted octanol–water partition coefficient (Wildman–Crippen LogP) is 1.31. The zero-order chi connectivity index (χ0) is 14.3. The molecular weight excluding hydrogens is 248 g/mol. The lowest BCUT2D eigenvalue weighted by Crippen LogP contribution is -2.53. The van der Waals surface area contributed by atoms with Gasteiger partial charge in [-0.3, -0.25) is 0 Å². The fourth-order valence-electron chi connectivity index (χ4n) is 2.23. The van der Waals surface area contributed by atoms with E-state index >= 15 is 0 Å². The number of carbonyl (C=O) groups excluding carboxylic acids is 1. The highest BCUT2D eigenvalue weighted by atomic mass is 16.5. The molecule has 0 saturated carbocycles. The molecule has 1 rings (SSSR count). The Hall–Kier alpha value is -1.30. The van der Waals surface area contributed by atoms with Gasteiger partial charge in [-0.25, -0.2) is 9.59 Å². The van der Waals surface area contributed by atoms with Crippen molar-refractivity contribution >= 4 is 12.0 Å². The van der Waals surface area contributed by atoms with Gasteiger partial charge in [-0.1, -0.05) is 6.92 Å². The second-order valence-electron chi connectivity index (χ2n) is 4.96. The van der Waals surface area contributed by atoms with Crippen molar-refractivity contribution in [2.75, 3.05) is 26.3 Å². The fourth-order valence-corrected chi connectivity index (χ4v) is 2.23. The summed E-state index contributed by atoms with van der Waals surface area (Å²) in [5, 5.41) is 11.9. The largest absolute Gasteiger partial charge is 0.480 e. The van der Waals surface area contributed by atoms with Crippen LogP contribution in [0.2, 0.25) is 0 Å². The normalized spacial score (nSPS) is 23.2. The van der Waals surface area contributed by atoms with Gasteiger partial charge >= 0.3 is 12.0 Å². The molecule has 0 aromatic heterocycles. The van der Waals surface area contributed by atoms with Crippen LogP contribution in [0.25, 0.3) is 0 Å². The van der Waals surface area contributed by atoms with Crippen LogP contribution < -0.4 is 5.32 Å². The number of urea groups is 1. The van der Waals surface area contributed by atoms with Gasteiger partial charge in [0.15, 0.2) is 0 Å². The molecular formula is C13H24N2O4. The van der Waals surface area contributed by atoms with E-state index in [0.29, 0.717) is 38.6 Å². The van der Waals surface area contributed by atoms with Gasteiger partial charge in [-0.05, 0) is 32.1 Å². The minimum atomic E-state index is -0.920. The van der Waals surface area contributed by atoms with Crippen LogP contribution in [-0.2, 0) is 9.53 Å². The number of ether oxygens (including phenoxy) is 1. The molecule has 0 aliphatic carbocycles. The van der Waals surface area contributed by atoms with E-state index in [2.05, 4.69) is 5.32 Å². The first-order chi connectivity index (χ1) is 9.06. The Kier molecular flexibility index (Phi) is 6.62. The van der Waals surface area contributed by atoms with Crippen molar-refractivity contribution in [3.05, 3.63) is 0 Å². The van der Waals surface area contributed by atoms with E-state index in [1.54, 1.807) is 0 Å². The van der Waals surface area contributed by atoms with E-state index in [0.717, 1.165) is 12.8 Å². The van der Waals surface area contributed by atoms with Gasteiger partial charge < -0.3 is 20.1 Å². The first kappa shape index (κ1) is 15.8. The summed E-state index contributed by atoms with van der Waals surface area (Å²) < 4.78 is 5.18. The number of aliphatic carboxylic acids is 1. The Labute approximate surface area is 114 Å². The average Bonchev–Trinajstić information content (AvgIpc) is 2.38. The minimum Gasteiger partial charge on any atom is -0.480 e. The number of piperidine rings is 1. The third kappa shape index (κ3) is 5.06. The highest BCUT2D eigenvalue weighted by Gasteiger charge is 2.34. The quantitative estimate of drug-likeness (QED) is 0.714. The third-order valence-corrected chi connectivity index (χ3v) is 3.36. The Morgan fingerprint density at radius 3 is 2.84 bits per heavy atom.